The van der Waals surface area contributed by atoms with Gasteiger partial charge in [-0.15, -0.1) is 5.10 Å². The number of hydrogen-bond donors (Lipinski definition) is 0. The molecular formula is C24H22N2O2. The van der Waals surface area contributed by atoms with E-state index in [0.717, 1.165) is 22.6 Å². The molecule has 4 nitrogen and oxygen atoms in total. The first-order valence-corrected chi connectivity index (χ1v) is 9.17. The SMILES string of the molecule is CCC(=NN=C(C(=O)c1ccccc1)c1ccccc1)c1ccc(OC)cc1. The molecule has 3 rings (SSSR count). The second kappa shape index (κ2) is 9.42. The number of hydrogen-bond acceptors (Lipinski definition) is 4. The molecule has 0 aliphatic carbocycles. The second-order valence-electron chi connectivity index (χ2n) is 6.14. The molecule has 0 saturated carbocycles. The lowest BCUT2D eigenvalue weighted by atomic mass is 10.0. The molecule has 0 unspecified atom stereocenters. The molecule has 0 N–H and O–H groups in total. The van der Waals surface area contributed by atoms with E-state index in [1.165, 1.54) is 0 Å². The van der Waals surface area contributed by atoms with Gasteiger partial charge in [0.1, 0.15) is 11.5 Å². The molecule has 0 aliphatic rings. The highest BCUT2D eigenvalue weighted by Gasteiger charge is 2.16. The zero-order chi connectivity index (χ0) is 19.8. The Morgan fingerprint density at radius 2 is 1.32 bits per heavy atom. The second-order valence-corrected chi connectivity index (χ2v) is 6.14. The fourth-order valence-electron chi connectivity index (χ4n) is 2.78. The van der Waals surface area contributed by atoms with Crippen molar-refractivity contribution in [3.63, 3.8) is 0 Å². The van der Waals surface area contributed by atoms with E-state index in [4.69, 9.17) is 4.74 Å². The van der Waals surface area contributed by atoms with Crippen LogP contribution in [0.4, 0.5) is 0 Å². The topological polar surface area (TPSA) is 51.0 Å². The van der Waals surface area contributed by atoms with Crippen molar-refractivity contribution in [1.29, 1.82) is 0 Å². The molecule has 3 aromatic rings. The smallest absolute Gasteiger partial charge is 0.213 e. The van der Waals surface area contributed by atoms with Crippen LogP contribution < -0.4 is 4.74 Å². The van der Waals surface area contributed by atoms with Gasteiger partial charge in [-0.25, -0.2) is 0 Å². The third-order valence-corrected chi connectivity index (χ3v) is 4.33. The van der Waals surface area contributed by atoms with Crippen LogP contribution >= 0.6 is 0 Å². The lowest BCUT2D eigenvalue weighted by Gasteiger charge is -2.07. The molecule has 0 spiro atoms. The van der Waals surface area contributed by atoms with Crippen LogP contribution in [-0.2, 0) is 0 Å². The van der Waals surface area contributed by atoms with Gasteiger partial charge in [0, 0.05) is 11.1 Å². The zero-order valence-corrected chi connectivity index (χ0v) is 16.0. The van der Waals surface area contributed by atoms with Gasteiger partial charge in [-0.3, -0.25) is 4.79 Å². The molecule has 0 amide bonds. The minimum Gasteiger partial charge on any atom is -0.497 e. The lowest BCUT2D eigenvalue weighted by molar-refractivity contribution is 0.106. The van der Waals surface area contributed by atoms with Crippen molar-refractivity contribution in [2.24, 2.45) is 10.2 Å². The van der Waals surface area contributed by atoms with Crippen molar-refractivity contribution in [3.8, 4) is 5.75 Å². The minimum absolute atomic E-state index is 0.152. The summed E-state index contributed by atoms with van der Waals surface area (Å²) in [5.74, 6) is 0.632. The Morgan fingerprint density at radius 3 is 1.86 bits per heavy atom. The third-order valence-electron chi connectivity index (χ3n) is 4.33. The zero-order valence-electron chi connectivity index (χ0n) is 16.0. The van der Waals surface area contributed by atoms with Crippen LogP contribution in [0.15, 0.2) is 95.1 Å². The Kier molecular flexibility index (Phi) is 6.47. The molecule has 0 bridgehead atoms. The summed E-state index contributed by atoms with van der Waals surface area (Å²) in [7, 11) is 1.63. The van der Waals surface area contributed by atoms with E-state index in [2.05, 4.69) is 10.2 Å². The van der Waals surface area contributed by atoms with Crippen LogP contribution in [0.5, 0.6) is 5.75 Å². The summed E-state index contributed by atoms with van der Waals surface area (Å²) in [6.07, 6.45) is 0.692. The van der Waals surface area contributed by atoms with Crippen molar-refractivity contribution < 1.29 is 9.53 Å². The molecule has 0 aliphatic heterocycles. The van der Waals surface area contributed by atoms with Crippen LogP contribution in [0.2, 0.25) is 0 Å². The average Bonchev–Trinajstić information content (AvgIpc) is 2.78. The quantitative estimate of drug-likeness (QED) is 0.327. The van der Waals surface area contributed by atoms with Crippen LogP contribution in [-0.4, -0.2) is 24.3 Å². The lowest BCUT2D eigenvalue weighted by Crippen LogP contribution is -2.16. The molecule has 4 heteroatoms. The van der Waals surface area contributed by atoms with E-state index in [1.54, 1.807) is 19.2 Å². The predicted octanol–water partition coefficient (Wildman–Crippen LogP) is 5.18. The summed E-state index contributed by atoms with van der Waals surface area (Å²) < 4.78 is 5.21. The first kappa shape index (κ1) is 19.2. The first-order chi connectivity index (χ1) is 13.7. The third kappa shape index (κ3) is 4.60. The predicted molar refractivity (Wildman–Crippen MR) is 114 cm³/mol. The summed E-state index contributed by atoms with van der Waals surface area (Å²) >= 11 is 0. The van der Waals surface area contributed by atoms with E-state index < -0.39 is 0 Å². The van der Waals surface area contributed by atoms with E-state index in [0.29, 0.717) is 17.7 Å². The number of benzene rings is 3. The molecule has 3 aromatic carbocycles. The van der Waals surface area contributed by atoms with Crippen molar-refractivity contribution >= 4 is 17.2 Å². The number of carbonyl (C=O) groups is 1. The average molecular weight is 370 g/mol. The molecule has 140 valence electrons. The Hall–Kier alpha value is -3.53. The fourth-order valence-corrected chi connectivity index (χ4v) is 2.78. The van der Waals surface area contributed by atoms with Gasteiger partial charge >= 0.3 is 0 Å². The number of rotatable bonds is 7. The maximum Gasteiger partial charge on any atom is 0.213 e. The minimum atomic E-state index is -0.152. The van der Waals surface area contributed by atoms with E-state index >= 15 is 0 Å². The van der Waals surface area contributed by atoms with Gasteiger partial charge in [-0.1, -0.05) is 67.6 Å². The molecule has 0 radical (unpaired) electrons. The number of carbonyl (C=O) groups excluding carboxylic acids is 1. The maximum atomic E-state index is 13.0. The monoisotopic (exact) mass is 370 g/mol. The van der Waals surface area contributed by atoms with Crippen molar-refractivity contribution in [2.75, 3.05) is 7.11 Å². The van der Waals surface area contributed by atoms with Gasteiger partial charge in [0.05, 0.1) is 12.8 Å². The van der Waals surface area contributed by atoms with Gasteiger partial charge in [-0.05, 0) is 36.2 Å². The normalized spacial score (nSPS) is 11.9. The van der Waals surface area contributed by atoms with Gasteiger partial charge in [0.25, 0.3) is 0 Å². The highest BCUT2D eigenvalue weighted by Crippen LogP contribution is 2.14. The Bertz CT molecular complexity index is 976. The number of Topliss-reactive ketones (excluding diaryl/α,β-unsaturated/α-hetero) is 1. The Labute approximate surface area is 165 Å². The summed E-state index contributed by atoms with van der Waals surface area (Å²) in [6.45, 7) is 2.01. The van der Waals surface area contributed by atoms with E-state index in [1.807, 2.05) is 79.7 Å². The highest BCUT2D eigenvalue weighted by atomic mass is 16.5. The van der Waals surface area contributed by atoms with Gasteiger partial charge in [0.2, 0.25) is 5.78 Å². The van der Waals surface area contributed by atoms with Gasteiger partial charge < -0.3 is 4.74 Å². The molecule has 0 saturated heterocycles. The Morgan fingerprint density at radius 1 is 0.750 bits per heavy atom. The molecule has 0 aromatic heterocycles. The van der Waals surface area contributed by atoms with E-state index in [9.17, 15) is 4.79 Å². The molecular weight excluding hydrogens is 348 g/mol. The summed E-state index contributed by atoms with van der Waals surface area (Å²) in [5, 5.41) is 8.82. The van der Waals surface area contributed by atoms with Crippen LogP contribution in [0, 0.1) is 0 Å². The summed E-state index contributed by atoms with van der Waals surface area (Å²) in [5.41, 5.74) is 3.41. The van der Waals surface area contributed by atoms with Crippen molar-refractivity contribution in [2.45, 2.75) is 13.3 Å². The molecule has 0 heterocycles. The number of nitrogens with zero attached hydrogens (tertiary/aromatic N) is 2. The molecule has 0 atom stereocenters. The van der Waals surface area contributed by atoms with Crippen molar-refractivity contribution in [3.05, 3.63) is 102 Å². The standard InChI is InChI=1S/C24H22N2O2/c1-3-22(18-14-16-21(28-2)17-15-18)25-26-23(19-10-6-4-7-11-19)24(27)20-12-8-5-9-13-20/h4-17H,3H2,1-2H3. The highest BCUT2D eigenvalue weighted by molar-refractivity contribution is 6.51. The fraction of sp³-hybridized carbons (Fsp3) is 0.125. The summed E-state index contributed by atoms with van der Waals surface area (Å²) in [4.78, 5) is 13.0. The van der Waals surface area contributed by atoms with E-state index in [-0.39, 0.29) is 5.78 Å². The maximum absolute atomic E-state index is 13.0. The van der Waals surface area contributed by atoms with Crippen LogP contribution in [0.3, 0.4) is 0 Å². The first-order valence-electron chi connectivity index (χ1n) is 9.17. The van der Waals surface area contributed by atoms with Gasteiger partial charge in [-0.2, -0.15) is 5.10 Å². The number of ketones is 1. The largest absolute Gasteiger partial charge is 0.497 e. The molecule has 28 heavy (non-hydrogen) atoms. The Balaban J connectivity index is 2.02. The summed E-state index contributed by atoms with van der Waals surface area (Å²) in [6, 6.07) is 26.2. The van der Waals surface area contributed by atoms with Crippen molar-refractivity contribution in [1.82, 2.24) is 0 Å². The van der Waals surface area contributed by atoms with Crippen LogP contribution in [0.25, 0.3) is 0 Å². The number of methoxy groups -OCH3 is 1. The number of ether oxygens (including phenoxy) is 1. The van der Waals surface area contributed by atoms with Crippen LogP contribution in [0.1, 0.15) is 34.8 Å². The van der Waals surface area contributed by atoms with Gasteiger partial charge in [0.15, 0.2) is 0 Å². The molecule has 0 fully saturated rings.